The summed E-state index contributed by atoms with van der Waals surface area (Å²) in [5.74, 6) is 0.0125. The van der Waals surface area contributed by atoms with Gasteiger partial charge in [-0.15, -0.1) is 0 Å². The van der Waals surface area contributed by atoms with E-state index in [2.05, 4.69) is 18.4 Å². The molecule has 1 fully saturated rings. The van der Waals surface area contributed by atoms with Crippen LogP contribution >= 0.6 is 0 Å². The molecule has 0 atom stereocenters. The molecule has 1 heterocycles. The standard InChI is InChI=1S/C9H16FN/c1-3-11-6-4-9(5-7-11)8(2)10/h9H,2-7H2,1H3. The highest BCUT2D eigenvalue weighted by molar-refractivity contribution is 4.92. The summed E-state index contributed by atoms with van der Waals surface area (Å²) < 4.78 is 12.6. The lowest BCUT2D eigenvalue weighted by molar-refractivity contribution is 0.196. The van der Waals surface area contributed by atoms with Crippen LogP contribution in [0, 0.1) is 5.92 Å². The molecule has 0 saturated carbocycles. The van der Waals surface area contributed by atoms with Crippen LogP contribution in [0.1, 0.15) is 19.8 Å². The summed E-state index contributed by atoms with van der Waals surface area (Å²) in [4.78, 5) is 2.35. The zero-order valence-corrected chi connectivity index (χ0v) is 7.15. The van der Waals surface area contributed by atoms with Crippen LogP contribution in [-0.4, -0.2) is 24.5 Å². The van der Waals surface area contributed by atoms with Gasteiger partial charge >= 0.3 is 0 Å². The Morgan fingerprint density at radius 3 is 2.45 bits per heavy atom. The molecule has 2 heteroatoms. The Morgan fingerprint density at radius 2 is 2.09 bits per heavy atom. The predicted molar refractivity (Wildman–Crippen MR) is 45.1 cm³/mol. The van der Waals surface area contributed by atoms with E-state index in [1.807, 2.05) is 0 Å². The molecule has 0 unspecified atom stereocenters. The van der Waals surface area contributed by atoms with Crippen molar-refractivity contribution in [1.82, 2.24) is 4.90 Å². The van der Waals surface area contributed by atoms with Crippen molar-refractivity contribution in [3.63, 3.8) is 0 Å². The Labute approximate surface area is 67.9 Å². The molecule has 1 aliphatic rings. The van der Waals surface area contributed by atoms with Crippen LogP contribution in [0.25, 0.3) is 0 Å². The second-order valence-corrected chi connectivity index (χ2v) is 3.16. The van der Waals surface area contributed by atoms with E-state index in [1.165, 1.54) is 0 Å². The molecular weight excluding hydrogens is 141 g/mol. The van der Waals surface area contributed by atoms with Crippen molar-refractivity contribution in [2.75, 3.05) is 19.6 Å². The minimum atomic E-state index is -0.124. The van der Waals surface area contributed by atoms with Crippen LogP contribution in [0.5, 0.6) is 0 Å². The first-order chi connectivity index (χ1) is 5.24. The molecule has 0 radical (unpaired) electrons. The fourth-order valence-corrected chi connectivity index (χ4v) is 1.56. The summed E-state index contributed by atoms with van der Waals surface area (Å²) in [5.41, 5.74) is 0. The third-order valence-corrected chi connectivity index (χ3v) is 2.48. The molecule has 1 nitrogen and oxygen atoms in total. The zero-order valence-electron chi connectivity index (χ0n) is 7.15. The number of allylic oxidation sites excluding steroid dienone is 1. The highest BCUT2D eigenvalue weighted by atomic mass is 19.1. The quantitative estimate of drug-likeness (QED) is 0.594. The summed E-state index contributed by atoms with van der Waals surface area (Å²) in [6.07, 6.45) is 1.90. The van der Waals surface area contributed by atoms with Crippen LogP contribution in [0.4, 0.5) is 4.39 Å². The lowest BCUT2D eigenvalue weighted by Crippen LogP contribution is -2.33. The van der Waals surface area contributed by atoms with Crippen molar-refractivity contribution in [2.45, 2.75) is 19.8 Å². The van der Waals surface area contributed by atoms with Crippen molar-refractivity contribution < 1.29 is 4.39 Å². The van der Waals surface area contributed by atoms with E-state index in [-0.39, 0.29) is 11.7 Å². The number of nitrogens with zero attached hydrogens (tertiary/aromatic N) is 1. The first-order valence-corrected chi connectivity index (χ1v) is 4.30. The number of hydrogen-bond acceptors (Lipinski definition) is 1. The number of rotatable bonds is 2. The monoisotopic (exact) mass is 157 g/mol. The lowest BCUT2D eigenvalue weighted by Gasteiger charge is -2.29. The first-order valence-electron chi connectivity index (χ1n) is 4.30. The molecule has 0 N–H and O–H groups in total. The van der Waals surface area contributed by atoms with Gasteiger partial charge in [-0.3, -0.25) is 0 Å². The van der Waals surface area contributed by atoms with Crippen molar-refractivity contribution in [3.05, 3.63) is 12.4 Å². The number of halogens is 1. The summed E-state index contributed by atoms with van der Waals surface area (Å²) in [5, 5.41) is 0. The highest BCUT2D eigenvalue weighted by Crippen LogP contribution is 2.23. The van der Waals surface area contributed by atoms with E-state index in [1.54, 1.807) is 0 Å². The van der Waals surface area contributed by atoms with Crippen molar-refractivity contribution in [1.29, 1.82) is 0 Å². The van der Waals surface area contributed by atoms with Gasteiger partial charge in [0.1, 0.15) is 0 Å². The first kappa shape index (κ1) is 8.72. The van der Waals surface area contributed by atoms with Gasteiger partial charge in [-0.1, -0.05) is 13.5 Å². The van der Waals surface area contributed by atoms with Gasteiger partial charge in [-0.05, 0) is 32.5 Å². The minimum absolute atomic E-state index is 0.124. The van der Waals surface area contributed by atoms with Gasteiger partial charge < -0.3 is 4.90 Å². The van der Waals surface area contributed by atoms with Gasteiger partial charge in [0, 0.05) is 5.92 Å². The Balaban J connectivity index is 2.30. The average Bonchev–Trinajstić information content (AvgIpc) is 2.05. The third-order valence-electron chi connectivity index (χ3n) is 2.48. The van der Waals surface area contributed by atoms with Gasteiger partial charge in [0.15, 0.2) is 0 Å². The second-order valence-electron chi connectivity index (χ2n) is 3.16. The van der Waals surface area contributed by atoms with E-state index in [9.17, 15) is 4.39 Å². The molecule has 0 amide bonds. The van der Waals surface area contributed by atoms with Crippen LogP contribution in [0.15, 0.2) is 12.4 Å². The summed E-state index contributed by atoms with van der Waals surface area (Å²) in [6, 6.07) is 0. The van der Waals surface area contributed by atoms with E-state index in [4.69, 9.17) is 0 Å². The Hall–Kier alpha value is -0.370. The normalized spacial score (nSPS) is 22.0. The Bertz CT molecular complexity index is 136. The molecule has 0 aromatic carbocycles. The van der Waals surface area contributed by atoms with E-state index < -0.39 is 0 Å². The maximum atomic E-state index is 12.6. The number of hydrogen-bond donors (Lipinski definition) is 0. The fraction of sp³-hybridized carbons (Fsp3) is 0.778. The van der Waals surface area contributed by atoms with Crippen molar-refractivity contribution >= 4 is 0 Å². The molecule has 0 spiro atoms. The van der Waals surface area contributed by atoms with Gasteiger partial charge in [0.25, 0.3) is 0 Å². The molecule has 0 aliphatic carbocycles. The summed E-state index contributed by atoms with van der Waals surface area (Å²) in [6.45, 7) is 8.64. The van der Waals surface area contributed by atoms with Crippen molar-refractivity contribution in [3.8, 4) is 0 Å². The van der Waals surface area contributed by atoms with E-state index >= 15 is 0 Å². The number of likely N-dealkylation sites (tertiary alicyclic amines) is 1. The topological polar surface area (TPSA) is 3.24 Å². The van der Waals surface area contributed by atoms with E-state index in [0.717, 1.165) is 32.5 Å². The van der Waals surface area contributed by atoms with Crippen LogP contribution in [0.3, 0.4) is 0 Å². The van der Waals surface area contributed by atoms with Crippen LogP contribution < -0.4 is 0 Å². The predicted octanol–water partition coefficient (Wildman–Crippen LogP) is 2.20. The van der Waals surface area contributed by atoms with Gasteiger partial charge in [-0.2, -0.15) is 0 Å². The van der Waals surface area contributed by atoms with Gasteiger partial charge in [-0.25, -0.2) is 4.39 Å². The largest absolute Gasteiger partial charge is 0.304 e. The molecule has 0 aromatic rings. The SMILES string of the molecule is C=C(F)C1CCN(CC)CC1. The Kier molecular flexibility index (Phi) is 3.06. The molecule has 0 bridgehead atoms. The van der Waals surface area contributed by atoms with E-state index in [0.29, 0.717) is 0 Å². The lowest BCUT2D eigenvalue weighted by atomic mass is 9.96. The molecule has 11 heavy (non-hydrogen) atoms. The molecule has 0 aromatic heterocycles. The third kappa shape index (κ3) is 2.29. The molecule has 64 valence electrons. The molecule has 1 rings (SSSR count). The van der Waals surface area contributed by atoms with Crippen molar-refractivity contribution in [2.24, 2.45) is 5.92 Å². The zero-order chi connectivity index (χ0) is 8.27. The van der Waals surface area contributed by atoms with Crippen LogP contribution in [0.2, 0.25) is 0 Å². The van der Waals surface area contributed by atoms with Crippen LogP contribution in [-0.2, 0) is 0 Å². The Morgan fingerprint density at radius 1 is 1.55 bits per heavy atom. The van der Waals surface area contributed by atoms with Gasteiger partial charge in [0.2, 0.25) is 0 Å². The number of piperidine rings is 1. The smallest absolute Gasteiger partial charge is 0.0959 e. The minimum Gasteiger partial charge on any atom is -0.304 e. The summed E-state index contributed by atoms with van der Waals surface area (Å²) in [7, 11) is 0. The second kappa shape index (κ2) is 3.86. The van der Waals surface area contributed by atoms with Gasteiger partial charge in [0.05, 0.1) is 5.83 Å². The maximum Gasteiger partial charge on any atom is 0.0959 e. The average molecular weight is 157 g/mol. The summed E-state index contributed by atoms with van der Waals surface area (Å²) >= 11 is 0. The highest BCUT2D eigenvalue weighted by Gasteiger charge is 2.19. The molecular formula is C9H16FN. The fourth-order valence-electron chi connectivity index (χ4n) is 1.56. The molecule has 1 saturated heterocycles. The maximum absolute atomic E-state index is 12.6. The molecule has 1 aliphatic heterocycles.